The molecule has 110 valence electrons. The first-order valence-electron chi connectivity index (χ1n) is 5.93. The summed E-state index contributed by atoms with van der Waals surface area (Å²) in [5.74, 6) is 0. The number of rotatable bonds is 5. The minimum Gasteiger partial charge on any atom is -0.258 e. The van der Waals surface area contributed by atoms with Crippen molar-refractivity contribution in [3.63, 3.8) is 0 Å². The van der Waals surface area contributed by atoms with E-state index in [0.29, 0.717) is 12.1 Å². The molecule has 1 aromatic heterocycles. The van der Waals surface area contributed by atoms with Crippen molar-refractivity contribution in [2.45, 2.75) is 18.7 Å². The van der Waals surface area contributed by atoms with Gasteiger partial charge in [-0.15, -0.1) is 16.7 Å². The molecule has 2 rings (SSSR count). The number of hydrogen-bond donors (Lipinski definition) is 0. The van der Waals surface area contributed by atoms with Crippen molar-refractivity contribution in [1.29, 1.82) is 0 Å². The highest BCUT2D eigenvalue weighted by atomic mass is 35.5. The minimum atomic E-state index is -0.704. The summed E-state index contributed by atoms with van der Waals surface area (Å²) in [6, 6.07) is 3.25. The van der Waals surface area contributed by atoms with Crippen molar-refractivity contribution in [1.82, 2.24) is 15.0 Å². The second-order valence-electron chi connectivity index (χ2n) is 4.19. The smallest absolute Gasteiger partial charge is 0.258 e. The molecule has 0 saturated heterocycles. The van der Waals surface area contributed by atoms with E-state index in [1.54, 1.807) is 0 Å². The average molecular weight is 312 g/mol. The van der Waals surface area contributed by atoms with Gasteiger partial charge in [-0.25, -0.2) is 4.68 Å². The van der Waals surface area contributed by atoms with Crippen molar-refractivity contribution in [3.8, 4) is 5.69 Å². The molecule has 0 amide bonds. The predicted molar refractivity (Wildman–Crippen MR) is 73.6 cm³/mol. The van der Waals surface area contributed by atoms with Gasteiger partial charge in [-0.3, -0.25) is 20.2 Å². The van der Waals surface area contributed by atoms with Crippen LogP contribution in [0.4, 0.5) is 11.4 Å². The van der Waals surface area contributed by atoms with Gasteiger partial charge in [-0.1, -0.05) is 12.1 Å². The van der Waals surface area contributed by atoms with E-state index in [9.17, 15) is 20.2 Å². The molecular formula is C11H10ClN5O4. The Morgan fingerprint density at radius 2 is 1.81 bits per heavy atom. The van der Waals surface area contributed by atoms with Gasteiger partial charge in [0.05, 0.1) is 33.2 Å². The van der Waals surface area contributed by atoms with E-state index in [-0.39, 0.29) is 11.1 Å². The molecule has 1 unspecified atom stereocenters. The van der Waals surface area contributed by atoms with Gasteiger partial charge in [0.25, 0.3) is 11.4 Å². The number of halogens is 1. The molecule has 0 spiro atoms. The van der Waals surface area contributed by atoms with E-state index in [1.807, 2.05) is 6.92 Å². The van der Waals surface area contributed by atoms with E-state index in [4.69, 9.17) is 11.6 Å². The van der Waals surface area contributed by atoms with E-state index in [1.165, 1.54) is 23.0 Å². The maximum Gasteiger partial charge on any atom is 0.278 e. The molecule has 2 aromatic rings. The number of nitro benzene ring substituents is 2. The van der Waals surface area contributed by atoms with Gasteiger partial charge >= 0.3 is 0 Å². The maximum absolute atomic E-state index is 10.8. The van der Waals surface area contributed by atoms with Gasteiger partial charge in [0.1, 0.15) is 5.69 Å². The van der Waals surface area contributed by atoms with Crippen LogP contribution in [0.1, 0.15) is 24.4 Å². The Labute approximate surface area is 123 Å². The van der Waals surface area contributed by atoms with Crippen LogP contribution >= 0.6 is 11.6 Å². The fraction of sp³-hybridized carbons (Fsp3) is 0.273. The van der Waals surface area contributed by atoms with Gasteiger partial charge in [0.2, 0.25) is 0 Å². The summed E-state index contributed by atoms with van der Waals surface area (Å²) >= 11 is 6.02. The predicted octanol–water partition coefficient (Wildman–Crippen LogP) is 2.77. The maximum atomic E-state index is 10.8. The third-order valence-electron chi connectivity index (χ3n) is 2.76. The van der Waals surface area contributed by atoms with Gasteiger partial charge in [0, 0.05) is 12.1 Å². The lowest BCUT2D eigenvalue weighted by atomic mass is 10.2. The number of non-ortho nitro benzene ring substituents is 2. The fourth-order valence-electron chi connectivity index (χ4n) is 1.68. The van der Waals surface area contributed by atoms with Crippen molar-refractivity contribution < 1.29 is 9.85 Å². The van der Waals surface area contributed by atoms with Crippen molar-refractivity contribution in [2.24, 2.45) is 0 Å². The molecule has 1 aromatic carbocycles. The lowest BCUT2D eigenvalue weighted by Gasteiger charge is -2.01. The van der Waals surface area contributed by atoms with Gasteiger partial charge in [-0.05, 0) is 6.42 Å². The first kappa shape index (κ1) is 14.9. The topological polar surface area (TPSA) is 117 Å². The highest BCUT2D eigenvalue weighted by molar-refractivity contribution is 6.20. The summed E-state index contributed by atoms with van der Waals surface area (Å²) in [5, 5.41) is 29.0. The summed E-state index contributed by atoms with van der Waals surface area (Å²) in [5.41, 5.74) is -0.119. The second kappa shape index (κ2) is 5.83. The third-order valence-corrected chi connectivity index (χ3v) is 3.30. The molecule has 0 radical (unpaired) electrons. The molecule has 0 bridgehead atoms. The number of nitro groups is 2. The van der Waals surface area contributed by atoms with E-state index < -0.39 is 21.2 Å². The van der Waals surface area contributed by atoms with Gasteiger partial charge in [0.15, 0.2) is 0 Å². The Balaban J connectivity index is 2.50. The zero-order chi connectivity index (χ0) is 15.6. The number of aromatic nitrogens is 3. The average Bonchev–Trinajstić information content (AvgIpc) is 2.95. The Morgan fingerprint density at radius 3 is 2.29 bits per heavy atom. The summed E-state index contributed by atoms with van der Waals surface area (Å²) in [6.07, 6.45) is 2.12. The number of nitrogens with zero attached hydrogens (tertiary/aromatic N) is 5. The minimum absolute atomic E-state index is 0.176. The van der Waals surface area contributed by atoms with Crippen LogP contribution in [-0.2, 0) is 0 Å². The Hall–Kier alpha value is -2.55. The lowest BCUT2D eigenvalue weighted by molar-refractivity contribution is -0.394. The van der Waals surface area contributed by atoms with Crippen LogP contribution in [0.15, 0.2) is 24.4 Å². The molecule has 0 aliphatic carbocycles. The summed E-state index contributed by atoms with van der Waals surface area (Å²) in [4.78, 5) is 20.3. The molecule has 1 atom stereocenters. The summed E-state index contributed by atoms with van der Waals surface area (Å²) in [7, 11) is 0. The van der Waals surface area contributed by atoms with Crippen molar-refractivity contribution in [2.75, 3.05) is 0 Å². The zero-order valence-electron chi connectivity index (χ0n) is 10.8. The Kier molecular flexibility index (Phi) is 4.13. The first-order valence-corrected chi connectivity index (χ1v) is 6.36. The van der Waals surface area contributed by atoms with E-state index >= 15 is 0 Å². The van der Waals surface area contributed by atoms with Crippen LogP contribution in [-0.4, -0.2) is 24.8 Å². The molecular weight excluding hydrogens is 302 g/mol. The standard InChI is InChI=1S/C11H10ClN5O4/c1-2-10(12)11-6-15(14-13-11)7-3-8(16(18)19)5-9(4-7)17(20)21/h3-6,10H,2H2,1H3. The normalized spacial score (nSPS) is 12.1. The van der Waals surface area contributed by atoms with Crippen LogP contribution in [0, 0.1) is 20.2 Å². The summed E-state index contributed by atoms with van der Waals surface area (Å²) in [6.45, 7) is 1.87. The number of alkyl halides is 1. The molecule has 0 fully saturated rings. The van der Waals surface area contributed by atoms with Gasteiger partial charge < -0.3 is 0 Å². The van der Waals surface area contributed by atoms with E-state index in [0.717, 1.165) is 6.07 Å². The fourth-order valence-corrected chi connectivity index (χ4v) is 1.78. The Bertz CT molecular complexity index is 669. The number of hydrogen-bond acceptors (Lipinski definition) is 6. The van der Waals surface area contributed by atoms with Crippen LogP contribution in [0.2, 0.25) is 0 Å². The molecule has 0 aliphatic rings. The summed E-state index contributed by atoms with van der Waals surface area (Å²) < 4.78 is 1.22. The molecule has 0 N–H and O–H groups in total. The molecule has 0 aliphatic heterocycles. The first-order chi connectivity index (χ1) is 9.92. The van der Waals surface area contributed by atoms with Crippen LogP contribution in [0.25, 0.3) is 5.69 Å². The van der Waals surface area contributed by atoms with Crippen molar-refractivity contribution in [3.05, 3.63) is 50.3 Å². The second-order valence-corrected chi connectivity index (χ2v) is 4.71. The SMILES string of the molecule is CCC(Cl)c1cn(-c2cc([N+](=O)[O-])cc([N+](=O)[O-])c2)nn1. The molecule has 10 heteroatoms. The highest BCUT2D eigenvalue weighted by Gasteiger charge is 2.19. The molecule has 9 nitrogen and oxygen atoms in total. The van der Waals surface area contributed by atoms with Crippen LogP contribution in [0.5, 0.6) is 0 Å². The third kappa shape index (κ3) is 3.14. The van der Waals surface area contributed by atoms with Crippen LogP contribution in [0.3, 0.4) is 0 Å². The highest BCUT2D eigenvalue weighted by Crippen LogP contribution is 2.26. The monoisotopic (exact) mass is 311 g/mol. The van der Waals surface area contributed by atoms with E-state index in [2.05, 4.69) is 10.3 Å². The quantitative estimate of drug-likeness (QED) is 0.476. The molecule has 21 heavy (non-hydrogen) atoms. The lowest BCUT2D eigenvalue weighted by Crippen LogP contribution is -1.99. The van der Waals surface area contributed by atoms with Gasteiger partial charge in [-0.2, -0.15) is 0 Å². The largest absolute Gasteiger partial charge is 0.278 e. The van der Waals surface area contributed by atoms with Crippen LogP contribution < -0.4 is 0 Å². The van der Waals surface area contributed by atoms with Crippen molar-refractivity contribution >= 4 is 23.0 Å². The molecule has 0 saturated carbocycles. The molecule has 1 heterocycles. The Morgan fingerprint density at radius 1 is 1.24 bits per heavy atom. The zero-order valence-corrected chi connectivity index (χ0v) is 11.6. The number of benzene rings is 1.